The highest BCUT2D eigenvalue weighted by Crippen LogP contribution is 2.02. The fraction of sp³-hybridized carbons (Fsp3) is 1.00. The monoisotopic (exact) mass is 177 g/mol. The molecule has 0 aliphatic rings. The van der Waals surface area contributed by atoms with Crippen molar-refractivity contribution in [3.63, 3.8) is 0 Å². The predicted octanol–water partition coefficient (Wildman–Crippen LogP) is 0.0952. The van der Waals surface area contributed by atoms with Gasteiger partial charge in [0.05, 0.1) is 6.04 Å². The minimum Gasteiger partial charge on any atom is -0.396 e. The molecule has 4 heteroatoms. The van der Waals surface area contributed by atoms with Crippen LogP contribution in [0.1, 0.15) is 20.3 Å². The van der Waals surface area contributed by atoms with Gasteiger partial charge < -0.3 is 20.3 Å². The van der Waals surface area contributed by atoms with Crippen molar-refractivity contribution in [2.75, 3.05) is 19.8 Å². The van der Waals surface area contributed by atoms with Gasteiger partial charge in [-0.05, 0) is 20.3 Å². The van der Waals surface area contributed by atoms with Gasteiger partial charge in [-0.15, -0.1) is 0 Å². The van der Waals surface area contributed by atoms with Crippen molar-refractivity contribution < 1.29 is 14.6 Å². The van der Waals surface area contributed by atoms with E-state index in [0.29, 0.717) is 19.6 Å². The molecule has 0 aromatic rings. The topological polar surface area (TPSA) is 64.7 Å². The Balaban J connectivity index is 3.72. The van der Waals surface area contributed by atoms with Crippen LogP contribution < -0.4 is 5.73 Å². The van der Waals surface area contributed by atoms with Crippen LogP contribution in [0.3, 0.4) is 0 Å². The van der Waals surface area contributed by atoms with Gasteiger partial charge >= 0.3 is 0 Å². The average Bonchev–Trinajstić information content (AvgIpc) is 2.04. The van der Waals surface area contributed by atoms with E-state index in [2.05, 4.69) is 0 Å². The third-order valence-electron chi connectivity index (χ3n) is 1.47. The van der Waals surface area contributed by atoms with Gasteiger partial charge in [-0.25, -0.2) is 0 Å². The lowest BCUT2D eigenvalue weighted by Crippen LogP contribution is -2.39. The molecule has 0 saturated carbocycles. The zero-order valence-electron chi connectivity index (χ0n) is 7.82. The van der Waals surface area contributed by atoms with Gasteiger partial charge in [0.1, 0.15) is 0 Å². The summed E-state index contributed by atoms with van der Waals surface area (Å²) in [6.45, 7) is 4.99. The molecule has 0 aliphatic heterocycles. The SMILES string of the molecule is CCOC(OCC)C(N)CCO. The summed E-state index contributed by atoms with van der Waals surface area (Å²) in [5.74, 6) is 0. The highest BCUT2D eigenvalue weighted by molar-refractivity contribution is 4.64. The average molecular weight is 177 g/mol. The predicted molar refractivity (Wildman–Crippen MR) is 46.7 cm³/mol. The molecule has 0 heterocycles. The van der Waals surface area contributed by atoms with Crippen molar-refractivity contribution in [1.82, 2.24) is 0 Å². The van der Waals surface area contributed by atoms with Gasteiger partial charge in [0.2, 0.25) is 0 Å². The molecule has 0 saturated heterocycles. The number of hydrogen-bond donors (Lipinski definition) is 2. The number of hydrogen-bond acceptors (Lipinski definition) is 4. The Kier molecular flexibility index (Phi) is 7.39. The number of ether oxygens (including phenoxy) is 2. The van der Waals surface area contributed by atoms with Crippen molar-refractivity contribution >= 4 is 0 Å². The second kappa shape index (κ2) is 7.49. The Hall–Kier alpha value is -0.160. The van der Waals surface area contributed by atoms with Crippen molar-refractivity contribution in [2.45, 2.75) is 32.6 Å². The Morgan fingerprint density at radius 2 is 1.75 bits per heavy atom. The van der Waals surface area contributed by atoms with Crippen molar-refractivity contribution in [2.24, 2.45) is 5.73 Å². The van der Waals surface area contributed by atoms with Gasteiger partial charge in [-0.2, -0.15) is 0 Å². The summed E-state index contributed by atoms with van der Waals surface area (Å²) in [5, 5.41) is 8.63. The second-order valence-corrected chi connectivity index (χ2v) is 2.46. The lowest BCUT2D eigenvalue weighted by Gasteiger charge is -2.22. The van der Waals surface area contributed by atoms with E-state index < -0.39 is 0 Å². The molecule has 0 aromatic heterocycles. The van der Waals surface area contributed by atoms with Crippen LogP contribution in [-0.4, -0.2) is 37.3 Å². The first-order valence-electron chi connectivity index (χ1n) is 4.35. The number of aliphatic hydroxyl groups is 1. The lowest BCUT2D eigenvalue weighted by atomic mass is 10.2. The van der Waals surface area contributed by atoms with Crippen LogP contribution in [0.5, 0.6) is 0 Å². The number of nitrogens with two attached hydrogens (primary N) is 1. The minimum atomic E-state index is -0.382. The first kappa shape index (κ1) is 11.8. The quantitative estimate of drug-likeness (QED) is 0.541. The van der Waals surface area contributed by atoms with Gasteiger partial charge in [0, 0.05) is 19.8 Å². The highest BCUT2D eigenvalue weighted by atomic mass is 16.7. The standard InChI is InChI=1S/C8H19NO3/c1-3-11-8(12-4-2)7(9)5-6-10/h7-8,10H,3-6,9H2,1-2H3. The molecule has 74 valence electrons. The summed E-state index contributed by atoms with van der Waals surface area (Å²) in [5.41, 5.74) is 5.69. The van der Waals surface area contributed by atoms with Crippen molar-refractivity contribution in [1.29, 1.82) is 0 Å². The molecule has 0 radical (unpaired) electrons. The van der Waals surface area contributed by atoms with Crippen LogP contribution in [0.4, 0.5) is 0 Å². The smallest absolute Gasteiger partial charge is 0.172 e. The number of aliphatic hydroxyl groups excluding tert-OH is 1. The first-order chi connectivity index (χ1) is 5.76. The van der Waals surface area contributed by atoms with Crippen LogP contribution in [0, 0.1) is 0 Å². The largest absolute Gasteiger partial charge is 0.396 e. The lowest BCUT2D eigenvalue weighted by molar-refractivity contribution is -0.150. The molecule has 1 atom stereocenters. The first-order valence-corrected chi connectivity index (χ1v) is 4.35. The minimum absolute atomic E-state index is 0.0673. The van der Waals surface area contributed by atoms with E-state index in [1.165, 1.54) is 0 Å². The zero-order valence-corrected chi connectivity index (χ0v) is 7.82. The molecular weight excluding hydrogens is 158 g/mol. The molecule has 0 bridgehead atoms. The molecule has 1 unspecified atom stereocenters. The third-order valence-corrected chi connectivity index (χ3v) is 1.47. The summed E-state index contributed by atoms with van der Waals surface area (Å²) >= 11 is 0. The fourth-order valence-corrected chi connectivity index (χ4v) is 0.909. The maximum Gasteiger partial charge on any atom is 0.172 e. The van der Waals surface area contributed by atoms with Crippen molar-refractivity contribution in [3.05, 3.63) is 0 Å². The van der Waals surface area contributed by atoms with Gasteiger partial charge in [-0.3, -0.25) is 0 Å². The molecule has 0 rings (SSSR count). The maximum atomic E-state index is 8.63. The summed E-state index contributed by atoms with van der Waals surface area (Å²) in [4.78, 5) is 0. The Labute approximate surface area is 73.7 Å². The molecular formula is C8H19NO3. The Bertz CT molecular complexity index is 94.3. The summed E-state index contributed by atoms with van der Waals surface area (Å²) in [7, 11) is 0. The molecule has 3 N–H and O–H groups in total. The molecule has 0 fully saturated rings. The summed E-state index contributed by atoms with van der Waals surface area (Å²) < 4.78 is 10.5. The maximum absolute atomic E-state index is 8.63. The summed E-state index contributed by atoms with van der Waals surface area (Å²) in [6, 6.07) is -0.241. The zero-order chi connectivity index (χ0) is 9.40. The van der Waals surface area contributed by atoms with Crippen LogP contribution in [0.15, 0.2) is 0 Å². The molecule has 0 aromatic carbocycles. The van der Waals surface area contributed by atoms with E-state index in [4.69, 9.17) is 20.3 Å². The molecule has 0 aliphatic carbocycles. The van der Waals surface area contributed by atoms with E-state index in [9.17, 15) is 0 Å². The normalized spacial score (nSPS) is 13.8. The van der Waals surface area contributed by atoms with Gasteiger partial charge in [-0.1, -0.05) is 0 Å². The van der Waals surface area contributed by atoms with E-state index in [0.717, 1.165) is 0 Å². The van der Waals surface area contributed by atoms with E-state index in [1.807, 2.05) is 13.8 Å². The Morgan fingerprint density at radius 1 is 1.25 bits per heavy atom. The third kappa shape index (κ3) is 4.66. The summed E-state index contributed by atoms with van der Waals surface area (Å²) in [6.07, 6.45) is 0.122. The molecule has 0 spiro atoms. The molecule has 12 heavy (non-hydrogen) atoms. The van der Waals surface area contributed by atoms with Gasteiger partial charge in [0.15, 0.2) is 6.29 Å². The van der Waals surface area contributed by atoms with E-state index >= 15 is 0 Å². The van der Waals surface area contributed by atoms with Gasteiger partial charge in [0.25, 0.3) is 0 Å². The fourth-order valence-electron chi connectivity index (χ4n) is 0.909. The molecule has 0 amide bonds. The van der Waals surface area contributed by atoms with E-state index in [-0.39, 0.29) is 18.9 Å². The number of rotatable bonds is 7. The van der Waals surface area contributed by atoms with Crippen LogP contribution in [0.25, 0.3) is 0 Å². The van der Waals surface area contributed by atoms with Crippen LogP contribution in [-0.2, 0) is 9.47 Å². The van der Waals surface area contributed by atoms with Crippen LogP contribution >= 0.6 is 0 Å². The van der Waals surface area contributed by atoms with Crippen LogP contribution in [0.2, 0.25) is 0 Å². The van der Waals surface area contributed by atoms with E-state index in [1.54, 1.807) is 0 Å². The Morgan fingerprint density at radius 3 is 2.08 bits per heavy atom. The van der Waals surface area contributed by atoms with Crippen molar-refractivity contribution in [3.8, 4) is 0 Å². The second-order valence-electron chi connectivity index (χ2n) is 2.46. The highest BCUT2D eigenvalue weighted by Gasteiger charge is 2.16. The molecule has 4 nitrogen and oxygen atoms in total.